The first-order chi connectivity index (χ1) is 7.00. The number of piperazine rings is 1. The number of aliphatic hydroxyl groups excluding tert-OH is 1. The average Bonchev–Trinajstić information content (AvgIpc) is 2.13. The zero-order chi connectivity index (χ0) is 11.5. The number of nitrogens with zero attached hydrogens (tertiary/aromatic N) is 1. The Morgan fingerprint density at radius 3 is 2.80 bits per heavy atom. The van der Waals surface area contributed by atoms with Crippen molar-refractivity contribution in [2.24, 2.45) is 0 Å². The summed E-state index contributed by atoms with van der Waals surface area (Å²) in [6.07, 6.45) is 1.48. The van der Waals surface area contributed by atoms with Crippen LogP contribution in [-0.2, 0) is 4.79 Å². The van der Waals surface area contributed by atoms with Gasteiger partial charge in [-0.05, 0) is 26.7 Å². The molecule has 0 bridgehead atoms. The van der Waals surface area contributed by atoms with Crippen LogP contribution in [0.5, 0.6) is 0 Å². The van der Waals surface area contributed by atoms with Crippen molar-refractivity contribution in [1.82, 2.24) is 10.2 Å². The molecule has 0 aromatic rings. The van der Waals surface area contributed by atoms with E-state index in [2.05, 4.69) is 26.1 Å². The predicted octanol–water partition coefficient (Wildman–Crippen LogP) is 0.358. The van der Waals surface area contributed by atoms with E-state index in [1.54, 1.807) is 0 Å². The quantitative estimate of drug-likeness (QED) is 0.710. The molecule has 1 fully saturated rings. The fourth-order valence-electron chi connectivity index (χ4n) is 2.14. The maximum Gasteiger partial charge on any atom is 0.239 e. The first kappa shape index (κ1) is 12.5. The Hall–Kier alpha value is -0.610. The molecular weight excluding hydrogens is 192 g/mol. The van der Waals surface area contributed by atoms with Crippen LogP contribution in [0.1, 0.15) is 33.6 Å². The van der Waals surface area contributed by atoms with Crippen LogP contribution in [0.15, 0.2) is 0 Å². The SMILES string of the molecule is CCCN1CC(C)(C)NC(CCO)C1=O. The van der Waals surface area contributed by atoms with Gasteiger partial charge in [-0.15, -0.1) is 0 Å². The summed E-state index contributed by atoms with van der Waals surface area (Å²) in [5, 5.41) is 12.2. The van der Waals surface area contributed by atoms with Gasteiger partial charge in [-0.25, -0.2) is 0 Å². The van der Waals surface area contributed by atoms with Gasteiger partial charge in [0.1, 0.15) is 0 Å². The summed E-state index contributed by atoms with van der Waals surface area (Å²) in [6, 6.07) is -0.217. The molecule has 0 radical (unpaired) electrons. The number of carbonyl (C=O) groups is 1. The fraction of sp³-hybridized carbons (Fsp3) is 0.909. The number of amides is 1. The average molecular weight is 214 g/mol. The van der Waals surface area contributed by atoms with Crippen LogP contribution in [0.4, 0.5) is 0 Å². The van der Waals surface area contributed by atoms with Crippen LogP contribution in [0.25, 0.3) is 0 Å². The van der Waals surface area contributed by atoms with Gasteiger partial charge < -0.3 is 10.0 Å². The molecule has 0 spiro atoms. The molecule has 1 aliphatic heterocycles. The second-order valence-corrected chi connectivity index (χ2v) is 4.85. The van der Waals surface area contributed by atoms with Crippen molar-refractivity contribution >= 4 is 5.91 Å². The number of carbonyl (C=O) groups excluding carboxylic acids is 1. The first-order valence-corrected chi connectivity index (χ1v) is 5.67. The van der Waals surface area contributed by atoms with E-state index in [0.29, 0.717) is 6.42 Å². The lowest BCUT2D eigenvalue weighted by molar-refractivity contribution is -0.139. The van der Waals surface area contributed by atoms with E-state index in [4.69, 9.17) is 5.11 Å². The standard InChI is InChI=1S/C11H22N2O2/c1-4-6-13-8-11(2,3)12-9(5-7-14)10(13)15/h9,12,14H,4-8H2,1-3H3. The topological polar surface area (TPSA) is 52.6 Å². The molecule has 2 N–H and O–H groups in total. The summed E-state index contributed by atoms with van der Waals surface area (Å²) in [5.41, 5.74) is -0.0527. The maximum atomic E-state index is 11.9. The van der Waals surface area contributed by atoms with Crippen LogP contribution >= 0.6 is 0 Å². The van der Waals surface area contributed by atoms with Gasteiger partial charge in [0.15, 0.2) is 0 Å². The van der Waals surface area contributed by atoms with E-state index in [1.165, 1.54) is 0 Å². The lowest BCUT2D eigenvalue weighted by atomic mass is 9.96. The van der Waals surface area contributed by atoms with Crippen LogP contribution < -0.4 is 5.32 Å². The van der Waals surface area contributed by atoms with Crippen molar-refractivity contribution in [3.63, 3.8) is 0 Å². The molecule has 0 aromatic heterocycles. The summed E-state index contributed by atoms with van der Waals surface area (Å²) in [4.78, 5) is 13.8. The van der Waals surface area contributed by atoms with Crippen molar-refractivity contribution in [1.29, 1.82) is 0 Å². The minimum absolute atomic E-state index is 0.0527. The fourth-order valence-corrected chi connectivity index (χ4v) is 2.14. The smallest absolute Gasteiger partial charge is 0.239 e. The molecular formula is C11H22N2O2. The highest BCUT2D eigenvalue weighted by Gasteiger charge is 2.36. The zero-order valence-corrected chi connectivity index (χ0v) is 9.92. The summed E-state index contributed by atoms with van der Waals surface area (Å²) in [5.74, 6) is 0.130. The molecule has 1 unspecified atom stereocenters. The van der Waals surface area contributed by atoms with Crippen LogP contribution in [0.2, 0.25) is 0 Å². The normalized spacial score (nSPS) is 25.7. The van der Waals surface area contributed by atoms with Crippen LogP contribution in [-0.4, -0.2) is 47.2 Å². The lowest BCUT2D eigenvalue weighted by Gasteiger charge is -2.43. The van der Waals surface area contributed by atoms with Gasteiger partial charge >= 0.3 is 0 Å². The largest absolute Gasteiger partial charge is 0.396 e. The van der Waals surface area contributed by atoms with Gasteiger partial charge in [-0.3, -0.25) is 10.1 Å². The third-order valence-electron chi connectivity index (χ3n) is 2.67. The number of aliphatic hydroxyl groups is 1. The first-order valence-electron chi connectivity index (χ1n) is 5.67. The molecule has 4 nitrogen and oxygen atoms in total. The number of hydrogen-bond acceptors (Lipinski definition) is 3. The van der Waals surface area contributed by atoms with Crippen LogP contribution in [0.3, 0.4) is 0 Å². The number of hydrogen-bond donors (Lipinski definition) is 2. The van der Waals surface area contributed by atoms with E-state index in [9.17, 15) is 4.79 Å². The second kappa shape index (κ2) is 4.94. The zero-order valence-electron chi connectivity index (χ0n) is 9.92. The molecule has 1 heterocycles. The van der Waals surface area contributed by atoms with Gasteiger partial charge in [0.25, 0.3) is 0 Å². The van der Waals surface area contributed by atoms with Gasteiger partial charge in [-0.2, -0.15) is 0 Å². The molecule has 15 heavy (non-hydrogen) atoms. The minimum atomic E-state index is -0.217. The van der Waals surface area contributed by atoms with Crippen molar-refractivity contribution in [3.05, 3.63) is 0 Å². The third kappa shape index (κ3) is 3.18. The predicted molar refractivity (Wildman–Crippen MR) is 59.6 cm³/mol. The Morgan fingerprint density at radius 2 is 2.27 bits per heavy atom. The summed E-state index contributed by atoms with van der Waals surface area (Å²) in [7, 11) is 0. The molecule has 4 heteroatoms. The van der Waals surface area contributed by atoms with E-state index < -0.39 is 0 Å². The molecule has 88 valence electrons. The summed E-state index contributed by atoms with van der Waals surface area (Å²) < 4.78 is 0. The van der Waals surface area contributed by atoms with Gasteiger partial charge in [0.05, 0.1) is 6.04 Å². The van der Waals surface area contributed by atoms with E-state index in [-0.39, 0.29) is 24.1 Å². The molecule has 1 amide bonds. The van der Waals surface area contributed by atoms with E-state index in [0.717, 1.165) is 19.5 Å². The monoisotopic (exact) mass is 214 g/mol. The van der Waals surface area contributed by atoms with E-state index in [1.807, 2.05) is 4.90 Å². The minimum Gasteiger partial charge on any atom is -0.396 e. The molecule has 1 aliphatic rings. The Kier molecular flexibility index (Phi) is 4.11. The Balaban J connectivity index is 2.69. The third-order valence-corrected chi connectivity index (χ3v) is 2.67. The number of rotatable bonds is 4. The summed E-state index contributed by atoms with van der Waals surface area (Å²) >= 11 is 0. The highest BCUT2D eigenvalue weighted by molar-refractivity contribution is 5.83. The van der Waals surface area contributed by atoms with Crippen molar-refractivity contribution in [3.8, 4) is 0 Å². The Bertz CT molecular complexity index is 209. The lowest BCUT2D eigenvalue weighted by Crippen LogP contribution is -2.65. The van der Waals surface area contributed by atoms with Gasteiger partial charge in [0.2, 0.25) is 5.91 Å². The van der Waals surface area contributed by atoms with Crippen molar-refractivity contribution in [2.45, 2.75) is 45.2 Å². The molecule has 0 saturated carbocycles. The van der Waals surface area contributed by atoms with Crippen molar-refractivity contribution in [2.75, 3.05) is 19.7 Å². The highest BCUT2D eigenvalue weighted by Crippen LogP contribution is 2.16. The van der Waals surface area contributed by atoms with Gasteiger partial charge in [0, 0.05) is 25.2 Å². The second-order valence-electron chi connectivity index (χ2n) is 4.85. The number of nitrogens with one attached hydrogen (secondary N) is 1. The summed E-state index contributed by atoms with van der Waals surface area (Å²) in [6.45, 7) is 7.87. The van der Waals surface area contributed by atoms with Crippen molar-refractivity contribution < 1.29 is 9.90 Å². The van der Waals surface area contributed by atoms with E-state index >= 15 is 0 Å². The molecule has 1 saturated heterocycles. The molecule has 1 atom stereocenters. The maximum absolute atomic E-state index is 11.9. The molecule has 0 aromatic carbocycles. The highest BCUT2D eigenvalue weighted by atomic mass is 16.3. The van der Waals surface area contributed by atoms with Crippen LogP contribution in [0, 0.1) is 0 Å². The Morgan fingerprint density at radius 1 is 1.60 bits per heavy atom. The molecule has 0 aliphatic carbocycles. The van der Waals surface area contributed by atoms with Gasteiger partial charge in [-0.1, -0.05) is 6.92 Å². The molecule has 1 rings (SSSR count). The Labute approximate surface area is 91.6 Å².